The molecule has 9 heteroatoms. The van der Waals surface area contributed by atoms with Crippen molar-refractivity contribution in [3.8, 4) is 11.5 Å². The molecular weight excluding hydrogens is 454 g/mol. The molecule has 1 N–H and O–H groups in total. The van der Waals surface area contributed by atoms with E-state index >= 15 is 0 Å². The summed E-state index contributed by atoms with van der Waals surface area (Å²) < 4.78 is 32.4. The van der Waals surface area contributed by atoms with E-state index in [0.717, 1.165) is 0 Å². The van der Waals surface area contributed by atoms with Crippen molar-refractivity contribution in [3.05, 3.63) is 107 Å². The van der Waals surface area contributed by atoms with Crippen molar-refractivity contribution < 1.29 is 22.9 Å². The van der Waals surface area contributed by atoms with Gasteiger partial charge in [-0.25, -0.2) is 8.78 Å². The predicted octanol–water partition coefficient (Wildman–Crippen LogP) is 4.26. The lowest BCUT2D eigenvalue weighted by atomic mass is 10.1. The fourth-order valence-electron chi connectivity index (χ4n) is 3.38. The predicted molar refractivity (Wildman–Crippen MR) is 124 cm³/mol. The van der Waals surface area contributed by atoms with Crippen LogP contribution in [0.5, 0.6) is 0 Å². The Labute approximate surface area is 200 Å². The second-order valence-corrected chi connectivity index (χ2v) is 7.86. The Morgan fingerprint density at radius 1 is 1.00 bits per heavy atom. The van der Waals surface area contributed by atoms with Crippen LogP contribution in [0.25, 0.3) is 11.5 Å². The van der Waals surface area contributed by atoms with Gasteiger partial charge in [0, 0.05) is 37.7 Å². The number of halogens is 2. The molecule has 35 heavy (non-hydrogen) atoms. The Morgan fingerprint density at radius 3 is 2.51 bits per heavy atom. The largest absolute Gasteiger partial charge is 0.348 e. The van der Waals surface area contributed by atoms with Crippen LogP contribution in [0.4, 0.5) is 8.78 Å². The first kappa shape index (κ1) is 23.7. The molecule has 0 aliphatic carbocycles. The second-order valence-electron chi connectivity index (χ2n) is 7.86. The van der Waals surface area contributed by atoms with Gasteiger partial charge in [0.25, 0.3) is 17.7 Å². The lowest BCUT2D eigenvalue weighted by Gasteiger charge is -2.16. The molecule has 0 radical (unpaired) electrons. The Balaban J connectivity index is 1.32. The average molecular weight is 476 g/mol. The molecule has 7 nitrogen and oxygen atoms in total. The summed E-state index contributed by atoms with van der Waals surface area (Å²) in [6.45, 7) is 0.482. The summed E-state index contributed by atoms with van der Waals surface area (Å²) in [5.74, 6) is -0.992. The van der Waals surface area contributed by atoms with E-state index in [0.29, 0.717) is 28.9 Å². The molecule has 1 aromatic heterocycles. The lowest BCUT2D eigenvalue weighted by Crippen LogP contribution is -2.29. The van der Waals surface area contributed by atoms with Crippen molar-refractivity contribution >= 4 is 11.8 Å². The number of hydrogen-bond donors (Lipinski definition) is 1. The lowest BCUT2D eigenvalue weighted by molar-refractivity contribution is 0.0790. The van der Waals surface area contributed by atoms with Crippen LogP contribution in [-0.2, 0) is 13.0 Å². The minimum atomic E-state index is -0.572. The Morgan fingerprint density at radius 2 is 1.77 bits per heavy atom. The molecule has 1 heterocycles. The molecule has 0 aliphatic heterocycles. The average Bonchev–Trinajstić information content (AvgIpc) is 3.35. The summed E-state index contributed by atoms with van der Waals surface area (Å²) in [7, 11) is 1.58. The van der Waals surface area contributed by atoms with Gasteiger partial charge in [0.2, 0.25) is 0 Å². The van der Waals surface area contributed by atoms with E-state index in [4.69, 9.17) is 4.52 Å². The normalized spacial score (nSPS) is 10.7. The summed E-state index contributed by atoms with van der Waals surface area (Å²) >= 11 is 0. The molecule has 0 saturated carbocycles. The maximum atomic E-state index is 13.8. The fourth-order valence-corrected chi connectivity index (χ4v) is 3.38. The van der Waals surface area contributed by atoms with Crippen molar-refractivity contribution in [2.45, 2.75) is 13.0 Å². The van der Waals surface area contributed by atoms with Crippen molar-refractivity contribution in [2.24, 2.45) is 0 Å². The number of aromatic nitrogens is 2. The van der Waals surface area contributed by atoms with Gasteiger partial charge in [-0.2, -0.15) is 4.98 Å². The number of amides is 2. The van der Waals surface area contributed by atoms with Crippen LogP contribution in [0.2, 0.25) is 0 Å². The highest BCUT2D eigenvalue weighted by atomic mass is 19.1. The maximum Gasteiger partial charge on any atom is 0.257 e. The molecule has 0 saturated heterocycles. The first-order valence-corrected chi connectivity index (χ1v) is 10.9. The van der Waals surface area contributed by atoms with Crippen molar-refractivity contribution in [2.75, 3.05) is 13.6 Å². The van der Waals surface area contributed by atoms with Crippen LogP contribution in [0, 0.1) is 11.6 Å². The standard InChI is InChI=1S/C26H22F2N4O3/c1-32(26(34)21-7-2-3-8-22(21)28)14-13-23-30-25(35-31-23)19-11-9-18(10-12-19)24(33)29-16-17-5-4-6-20(27)15-17/h2-12,15H,13-14,16H2,1H3,(H,29,33). The minimum absolute atomic E-state index is 0.00357. The first-order chi connectivity index (χ1) is 16.9. The maximum absolute atomic E-state index is 13.8. The minimum Gasteiger partial charge on any atom is -0.348 e. The van der Waals surface area contributed by atoms with Gasteiger partial charge in [-0.3, -0.25) is 9.59 Å². The third-order valence-electron chi connectivity index (χ3n) is 5.33. The van der Waals surface area contributed by atoms with Crippen LogP contribution >= 0.6 is 0 Å². The van der Waals surface area contributed by atoms with Crippen LogP contribution in [-0.4, -0.2) is 40.4 Å². The SMILES string of the molecule is CN(CCc1noc(-c2ccc(C(=O)NCc3cccc(F)c3)cc2)n1)C(=O)c1ccccc1F. The van der Waals surface area contributed by atoms with Gasteiger partial charge < -0.3 is 14.7 Å². The molecule has 2 amide bonds. The van der Waals surface area contributed by atoms with Gasteiger partial charge >= 0.3 is 0 Å². The summed E-state index contributed by atoms with van der Waals surface area (Å²) in [5.41, 5.74) is 1.72. The van der Waals surface area contributed by atoms with E-state index in [-0.39, 0.29) is 36.3 Å². The number of hydrogen-bond acceptors (Lipinski definition) is 5. The topological polar surface area (TPSA) is 88.3 Å². The molecule has 0 spiro atoms. The molecule has 4 rings (SSSR count). The Bertz CT molecular complexity index is 1340. The Hall–Kier alpha value is -4.40. The molecule has 0 unspecified atom stereocenters. The number of benzene rings is 3. The molecule has 3 aromatic carbocycles. The summed E-state index contributed by atoms with van der Waals surface area (Å²) in [6.07, 6.45) is 0.320. The van der Waals surface area contributed by atoms with E-state index in [1.807, 2.05) is 0 Å². The molecule has 0 fully saturated rings. The van der Waals surface area contributed by atoms with Gasteiger partial charge in [-0.15, -0.1) is 0 Å². The van der Waals surface area contributed by atoms with Crippen molar-refractivity contribution in [1.29, 1.82) is 0 Å². The van der Waals surface area contributed by atoms with Crippen LogP contribution in [0.1, 0.15) is 32.1 Å². The van der Waals surface area contributed by atoms with Gasteiger partial charge in [-0.05, 0) is 54.1 Å². The summed E-state index contributed by atoms with van der Waals surface area (Å²) in [6, 6.07) is 18.5. The third kappa shape index (κ3) is 5.94. The second kappa shape index (κ2) is 10.7. The van der Waals surface area contributed by atoms with E-state index in [2.05, 4.69) is 15.5 Å². The van der Waals surface area contributed by atoms with E-state index in [9.17, 15) is 18.4 Å². The molecule has 178 valence electrons. The van der Waals surface area contributed by atoms with Crippen LogP contribution in [0.15, 0.2) is 77.3 Å². The third-order valence-corrected chi connectivity index (χ3v) is 5.33. The molecule has 0 bridgehead atoms. The molecule has 4 aromatic rings. The summed E-state index contributed by atoms with van der Waals surface area (Å²) in [4.78, 5) is 30.5. The monoisotopic (exact) mass is 476 g/mol. The highest BCUT2D eigenvalue weighted by Gasteiger charge is 2.17. The molecular formula is C26H22F2N4O3. The number of likely N-dealkylation sites (N-methyl/N-ethyl adjacent to an activating group) is 1. The van der Waals surface area contributed by atoms with Gasteiger partial charge in [0.1, 0.15) is 11.6 Å². The highest BCUT2D eigenvalue weighted by molar-refractivity contribution is 5.95. The fraction of sp³-hybridized carbons (Fsp3) is 0.154. The Kier molecular flexibility index (Phi) is 7.25. The van der Waals surface area contributed by atoms with Gasteiger partial charge in [0.05, 0.1) is 5.56 Å². The zero-order chi connectivity index (χ0) is 24.8. The van der Waals surface area contributed by atoms with Crippen LogP contribution in [0.3, 0.4) is 0 Å². The quantitative estimate of drug-likeness (QED) is 0.411. The number of rotatable bonds is 8. The van der Waals surface area contributed by atoms with Crippen LogP contribution < -0.4 is 5.32 Å². The van der Waals surface area contributed by atoms with E-state index in [1.54, 1.807) is 49.5 Å². The van der Waals surface area contributed by atoms with Gasteiger partial charge in [-0.1, -0.05) is 29.4 Å². The molecule has 0 aliphatic rings. The van der Waals surface area contributed by atoms with E-state index in [1.165, 1.54) is 35.2 Å². The highest BCUT2D eigenvalue weighted by Crippen LogP contribution is 2.18. The van der Waals surface area contributed by atoms with E-state index < -0.39 is 11.7 Å². The smallest absolute Gasteiger partial charge is 0.257 e. The number of carbonyl (C=O) groups excluding carboxylic acids is 2. The van der Waals surface area contributed by atoms with Gasteiger partial charge in [0.15, 0.2) is 5.82 Å². The van der Waals surface area contributed by atoms with Crippen molar-refractivity contribution in [1.82, 2.24) is 20.4 Å². The first-order valence-electron chi connectivity index (χ1n) is 10.9. The zero-order valence-electron chi connectivity index (χ0n) is 18.9. The summed E-state index contributed by atoms with van der Waals surface area (Å²) in [5, 5.41) is 6.68. The zero-order valence-corrected chi connectivity index (χ0v) is 18.9. The number of carbonyl (C=O) groups is 2. The van der Waals surface area contributed by atoms with Crippen molar-refractivity contribution in [3.63, 3.8) is 0 Å². The number of nitrogens with one attached hydrogen (secondary N) is 1. The molecule has 0 atom stereocenters. The number of nitrogens with zero attached hydrogens (tertiary/aromatic N) is 3.